The normalized spacial score (nSPS) is 11.1. The SMILES string of the molecule is O=C(Cc1csc2nc(-c3cccs3)cn12)NCc1ccco1. The number of hydrogen-bond donors (Lipinski definition) is 1. The lowest BCUT2D eigenvalue weighted by Crippen LogP contribution is -2.24. The minimum atomic E-state index is -0.0347. The predicted molar refractivity (Wildman–Crippen MR) is 90.6 cm³/mol. The van der Waals surface area contributed by atoms with Crippen LogP contribution in [0.2, 0.25) is 0 Å². The molecule has 116 valence electrons. The van der Waals surface area contributed by atoms with Crippen molar-refractivity contribution in [3.8, 4) is 10.6 Å². The number of fused-ring (bicyclic) bond motifs is 1. The van der Waals surface area contributed by atoms with Crippen LogP contribution < -0.4 is 5.32 Å². The van der Waals surface area contributed by atoms with E-state index in [0.717, 1.165) is 27.0 Å². The third-order valence-electron chi connectivity index (χ3n) is 3.44. The molecule has 0 aliphatic rings. The summed E-state index contributed by atoms with van der Waals surface area (Å²) in [5.74, 6) is 0.712. The Morgan fingerprint density at radius 2 is 2.26 bits per heavy atom. The van der Waals surface area contributed by atoms with Gasteiger partial charge in [-0.3, -0.25) is 9.20 Å². The van der Waals surface area contributed by atoms with Crippen molar-refractivity contribution in [3.63, 3.8) is 0 Å². The number of thiazole rings is 1. The van der Waals surface area contributed by atoms with Crippen molar-refractivity contribution in [2.45, 2.75) is 13.0 Å². The van der Waals surface area contributed by atoms with E-state index < -0.39 is 0 Å². The maximum atomic E-state index is 12.1. The fraction of sp³-hybridized carbons (Fsp3) is 0.125. The van der Waals surface area contributed by atoms with Crippen molar-refractivity contribution in [2.24, 2.45) is 0 Å². The van der Waals surface area contributed by atoms with Crippen LogP contribution in [0.25, 0.3) is 15.5 Å². The number of thiophene rings is 1. The van der Waals surface area contributed by atoms with Gasteiger partial charge < -0.3 is 9.73 Å². The molecule has 0 saturated carbocycles. The van der Waals surface area contributed by atoms with E-state index in [1.54, 1.807) is 28.9 Å². The number of furan rings is 1. The lowest BCUT2D eigenvalue weighted by Gasteiger charge is -2.02. The maximum absolute atomic E-state index is 12.1. The van der Waals surface area contributed by atoms with Gasteiger partial charge in [0.2, 0.25) is 5.91 Å². The topological polar surface area (TPSA) is 59.5 Å². The monoisotopic (exact) mass is 343 g/mol. The first-order valence-electron chi connectivity index (χ1n) is 7.08. The molecule has 1 amide bonds. The number of rotatable bonds is 5. The van der Waals surface area contributed by atoms with Crippen LogP contribution in [-0.4, -0.2) is 15.3 Å². The lowest BCUT2D eigenvalue weighted by molar-refractivity contribution is -0.120. The van der Waals surface area contributed by atoms with Gasteiger partial charge in [0.1, 0.15) is 11.5 Å². The molecular weight excluding hydrogens is 330 g/mol. The van der Waals surface area contributed by atoms with Gasteiger partial charge in [0.05, 0.1) is 24.1 Å². The lowest BCUT2D eigenvalue weighted by atomic mass is 10.3. The van der Waals surface area contributed by atoms with Crippen LogP contribution in [0.5, 0.6) is 0 Å². The Kier molecular flexibility index (Phi) is 3.72. The van der Waals surface area contributed by atoms with E-state index in [1.807, 2.05) is 45.6 Å². The van der Waals surface area contributed by atoms with Crippen molar-refractivity contribution in [1.29, 1.82) is 0 Å². The first-order valence-corrected chi connectivity index (χ1v) is 8.84. The summed E-state index contributed by atoms with van der Waals surface area (Å²) < 4.78 is 7.20. The molecule has 0 unspecified atom stereocenters. The highest BCUT2D eigenvalue weighted by molar-refractivity contribution is 7.15. The zero-order valence-electron chi connectivity index (χ0n) is 12.1. The van der Waals surface area contributed by atoms with Crippen LogP contribution in [0.4, 0.5) is 0 Å². The average Bonchev–Trinajstić information content (AvgIpc) is 3.31. The molecular formula is C16H13N3O2S2. The van der Waals surface area contributed by atoms with E-state index in [4.69, 9.17) is 4.42 Å². The summed E-state index contributed by atoms with van der Waals surface area (Å²) in [7, 11) is 0. The Morgan fingerprint density at radius 1 is 1.30 bits per heavy atom. The number of imidazole rings is 1. The second-order valence-electron chi connectivity index (χ2n) is 5.02. The smallest absolute Gasteiger partial charge is 0.226 e. The highest BCUT2D eigenvalue weighted by atomic mass is 32.1. The number of carbonyl (C=O) groups excluding carboxylic acids is 1. The van der Waals surface area contributed by atoms with Gasteiger partial charge in [-0.2, -0.15) is 0 Å². The number of nitrogens with one attached hydrogen (secondary N) is 1. The van der Waals surface area contributed by atoms with Crippen LogP contribution >= 0.6 is 22.7 Å². The Bertz CT molecular complexity index is 920. The maximum Gasteiger partial charge on any atom is 0.226 e. The Balaban J connectivity index is 1.49. The molecule has 0 bridgehead atoms. The molecule has 0 radical (unpaired) electrons. The molecule has 5 nitrogen and oxygen atoms in total. The van der Waals surface area contributed by atoms with Crippen LogP contribution in [0.15, 0.2) is 51.9 Å². The molecule has 4 aromatic heterocycles. The number of hydrogen-bond acceptors (Lipinski definition) is 5. The molecule has 0 atom stereocenters. The first kappa shape index (κ1) is 14.2. The predicted octanol–water partition coefficient (Wildman–Crippen LogP) is 3.58. The Hall–Kier alpha value is -2.38. The summed E-state index contributed by atoms with van der Waals surface area (Å²) in [6.45, 7) is 0.406. The van der Waals surface area contributed by atoms with Crippen molar-refractivity contribution in [3.05, 3.63) is 58.9 Å². The zero-order chi connectivity index (χ0) is 15.6. The minimum Gasteiger partial charge on any atom is -0.467 e. The van der Waals surface area contributed by atoms with Gasteiger partial charge in [-0.1, -0.05) is 6.07 Å². The van der Waals surface area contributed by atoms with Gasteiger partial charge in [-0.05, 0) is 23.6 Å². The van der Waals surface area contributed by atoms with E-state index in [0.29, 0.717) is 13.0 Å². The summed E-state index contributed by atoms with van der Waals surface area (Å²) >= 11 is 3.21. The quantitative estimate of drug-likeness (QED) is 0.602. The highest BCUT2D eigenvalue weighted by Crippen LogP contribution is 2.27. The summed E-state index contributed by atoms with van der Waals surface area (Å²) in [5.41, 5.74) is 1.89. The molecule has 0 spiro atoms. The molecule has 4 rings (SSSR count). The number of amides is 1. The van der Waals surface area contributed by atoms with Crippen LogP contribution in [0.3, 0.4) is 0 Å². The summed E-state index contributed by atoms with van der Waals surface area (Å²) in [4.78, 5) is 18.8. The number of aromatic nitrogens is 2. The van der Waals surface area contributed by atoms with Crippen LogP contribution in [-0.2, 0) is 17.8 Å². The van der Waals surface area contributed by atoms with Crippen molar-refractivity contribution in [1.82, 2.24) is 14.7 Å². The van der Waals surface area contributed by atoms with E-state index in [-0.39, 0.29) is 5.91 Å². The molecule has 7 heteroatoms. The molecule has 0 aliphatic carbocycles. The van der Waals surface area contributed by atoms with Gasteiger partial charge in [0.25, 0.3) is 0 Å². The highest BCUT2D eigenvalue weighted by Gasteiger charge is 2.13. The summed E-state index contributed by atoms with van der Waals surface area (Å²) in [5, 5.41) is 6.88. The number of carbonyl (C=O) groups is 1. The van der Waals surface area contributed by atoms with E-state index in [2.05, 4.69) is 10.3 Å². The molecule has 4 aromatic rings. The van der Waals surface area contributed by atoms with Crippen molar-refractivity contribution < 1.29 is 9.21 Å². The molecule has 1 N–H and O–H groups in total. The van der Waals surface area contributed by atoms with Crippen LogP contribution in [0, 0.1) is 0 Å². The molecule has 0 aliphatic heterocycles. The Morgan fingerprint density at radius 3 is 3.04 bits per heavy atom. The fourth-order valence-electron chi connectivity index (χ4n) is 2.33. The van der Waals surface area contributed by atoms with Crippen molar-refractivity contribution >= 4 is 33.5 Å². The minimum absolute atomic E-state index is 0.0347. The second kappa shape index (κ2) is 6.02. The fourth-order valence-corrected chi connectivity index (χ4v) is 3.88. The molecule has 4 heterocycles. The third-order valence-corrected chi connectivity index (χ3v) is 5.22. The van der Waals surface area contributed by atoms with Gasteiger partial charge in [0, 0.05) is 17.3 Å². The van der Waals surface area contributed by atoms with Crippen LogP contribution in [0.1, 0.15) is 11.5 Å². The van der Waals surface area contributed by atoms with Gasteiger partial charge in [-0.15, -0.1) is 22.7 Å². The second-order valence-corrected chi connectivity index (χ2v) is 6.80. The Labute approximate surface area is 140 Å². The summed E-state index contributed by atoms with van der Waals surface area (Å²) in [6.07, 6.45) is 3.91. The molecule has 0 aromatic carbocycles. The molecule has 0 saturated heterocycles. The van der Waals surface area contributed by atoms with Gasteiger partial charge in [0.15, 0.2) is 4.96 Å². The molecule has 23 heavy (non-hydrogen) atoms. The van der Waals surface area contributed by atoms with E-state index >= 15 is 0 Å². The van der Waals surface area contributed by atoms with E-state index in [1.165, 1.54) is 0 Å². The van der Waals surface area contributed by atoms with Gasteiger partial charge >= 0.3 is 0 Å². The largest absolute Gasteiger partial charge is 0.467 e. The van der Waals surface area contributed by atoms with Gasteiger partial charge in [-0.25, -0.2) is 4.98 Å². The zero-order valence-corrected chi connectivity index (χ0v) is 13.7. The number of nitrogens with zero attached hydrogens (tertiary/aromatic N) is 2. The van der Waals surface area contributed by atoms with Crippen molar-refractivity contribution in [2.75, 3.05) is 0 Å². The first-order chi connectivity index (χ1) is 11.3. The molecule has 0 fully saturated rings. The standard InChI is InChI=1S/C16H13N3O2S2/c20-15(17-8-12-3-1-5-21-12)7-11-10-23-16-18-13(9-19(11)16)14-4-2-6-22-14/h1-6,9-10H,7-8H2,(H,17,20). The summed E-state index contributed by atoms with van der Waals surface area (Å²) in [6, 6.07) is 7.71. The van der Waals surface area contributed by atoms with E-state index in [9.17, 15) is 4.79 Å². The third kappa shape index (κ3) is 2.93. The average molecular weight is 343 g/mol.